The van der Waals surface area contributed by atoms with Crippen LogP contribution in [0.15, 0.2) is 0 Å². The Morgan fingerprint density at radius 2 is 2.11 bits per heavy atom. The van der Waals surface area contributed by atoms with Gasteiger partial charge in [0.25, 0.3) is 0 Å². The molecule has 0 aliphatic rings. The molecule has 0 amide bonds. The van der Waals surface area contributed by atoms with Gasteiger partial charge in [0, 0.05) is 18.1 Å². The minimum atomic E-state index is -4.57. The number of alkyl halides is 3. The molecule has 0 saturated heterocycles. The zero-order valence-corrected chi connectivity index (χ0v) is 11.3. The van der Waals surface area contributed by atoms with Crippen molar-refractivity contribution in [3.8, 4) is 0 Å². The smallest absolute Gasteiger partial charge is 0.452 e. The Morgan fingerprint density at radius 1 is 1.42 bits per heavy atom. The fourth-order valence-corrected chi connectivity index (χ4v) is 2.04. The van der Waals surface area contributed by atoms with Crippen LogP contribution in [-0.4, -0.2) is 35.0 Å². The molecule has 0 radical (unpaired) electrons. The Bertz CT molecular complexity index is 422. The zero-order chi connectivity index (χ0) is 14.5. The lowest BCUT2D eigenvalue weighted by Crippen LogP contribution is -2.31. The standard InChI is InChI=1S/C10H14F3N3O2S/c1-3-5-16(6-7(17)18-4-2)9-14-8(15-19-9)10(11,12)13/h3-6H2,1-2H3. The Morgan fingerprint density at radius 3 is 2.58 bits per heavy atom. The van der Waals surface area contributed by atoms with Crippen LogP contribution in [0.3, 0.4) is 0 Å². The van der Waals surface area contributed by atoms with Crippen LogP contribution in [0.4, 0.5) is 18.3 Å². The number of carbonyl (C=O) groups excluding carboxylic acids is 1. The molecule has 108 valence electrons. The summed E-state index contributed by atoms with van der Waals surface area (Å²) in [6.07, 6.45) is -3.91. The summed E-state index contributed by atoms with van der Waals surface area (Å²) in [6, 6.07) is 0. The molecule has 1 rings (SSSR count). The van der Waals surface area contributed by atoms with E-state index in [9.17, 15) is 18.0 Å². The molecule has 0 unspecified atom stereocenters. The molecule has 0 aliphatic heterocycles. The summed E-state index contributed by atoms with van der Waals surface area (Å²) in [6.45, 7) is 4.01. The molecule has 0 atom stereocenters. The van der Waals surface area contributed by atoms with Gasteiger partial charge in [0.05, 0.1) is 6.61 Å². The number of aromatic nitrogens is 2. The molecule has 5 nitrogen and oxygen atoms in total. The Kier molecular flexibility index (Phi) is 5.52. The molecule has 1 aromatic rings. The van der Waals surface area contributed by atoms with Crippen LogP contribution in [0.5, 0.6) is 0 Å². The van der Waals surface area contributed by atoms with Crippen LogP contribution < -0.4 is 4.90 Å². The highest BCUT2D eigenvalue weighted by atomic mass is 32.1. The number of ether oxygens (including phenoxy) is 1. The van der Waals surface area contributed by atoms with E-state index in [2.05, 4.69) is 9.36 Å². The molecule has 0 N–H and O–H groups in total. The fourth-order valence-electron chi connectivity index (χ4n) is 1.33. The number of rotatable bonds is 6. The largest absolute Gasteiger partial charge is 0.465 e. The lowest BCUT2D eigenvalue weighted by Gasteiger charge is -2.19. The number of esters is 1. The van der Waals surface area contributed by atoms with Crippen molar-refractivity contribution in [2.75, 3.05) is 24.6 Å². The van der Waals surface area contributed by atoms with Gasteiger partial charge >= 0.3 is 12.1 Å². The van der Waals surface area contributed by atoms with Crippen molar-refractivity contribution in [2.24, 2.45) is 0 Å². The normalized spacial score (nSPS) is 11.4. The Balaban J connectivity index is 2.81. The molecule has 0 fully saturated rings. The second-order valence-corrected chi connectivity index (χ2v) is 4.36. The van der Waals surface area contributed by atoms with Gasteiger partial charge in [-0.3, -0.25) is 4.79 Å². The van der Waals surface area contributed by atoms with Crippen molar-refractivity contribution in [3.63, 3.8) is 0 Å². The number of nitrogens with zero attached hydrogens (tertiary/aromatic N) is 3. The van der Waals surface area contributed by atoms with Crippen molar-refractivity contribution >= 4 is 22.6 Å². The number of carbonyl (C=O) groups is 1. The maximum Gasteiger partial charge on any atom is 0.452 e. The topological polar surface area (TPSA) is 55.3 Å². The van der Waals surface area contributed by atoms with E-state index in [4.69, 9.17) is 4.74 Å². The molecule has 0 bridgehead atoms. The monoisotopic (exact) mass is 297 g/mol. The molecular formula is C10H14F3N3O2S. The van der Waals surface area contributed by atoms with Crippen molar-refractivity contribution in [2.45, 2.75) is 26.4 Å². The Labute approximate surface area is 112 Å². The van der Waals surface area contributed by atoms with Crippen molar-refractivity contribution in [1.29, 1.82) is 0 Å². The number of hydrogen-bond acceptors (Lipinski definition) is 6. The fraction of sp³-hybridized carbons (Fsp3) is 0.700. The predicted octanol–water partition coefficient (Wildman–Crippen LogP) is 2.34. The molecule has 0 aliphatic carbocycles. The van der Waals surface area contributed by atoms with Crippen LogP contribution in [0.25, 0.3) is 0 Å². The summed E-state index contributed by atoms with van der Waals surface area (Å²) in [5.74, 6) is -1.68. The third kappa shape index (κ3) is 4.66. The third-order valence-corrected chi connectivity index (χ3v) is 2.84. The van der Waals surface area contributed by atoms with E-state index in [1.54, 1.807) is 6.92 Å². The lowest BCUT2D eigenvalue weighted by atomic mass is 10.4. The van der Waals surface area contributed by atoms with Crippen molar-refractivity contribution in [1.82, 2.24) is 9.36 Å². The quantitative estimate of drug-likeness (QED) is 0.754. The highest BCUT2D eigenvalue weighted by Crippen LogP contribution is 2.30. The lowest BCUT2D eigenvalue weighted by molar-refractivity contribution is -0.144. The van der Waals surface area contributed by atoms with Gasteiger partial charge < -0.3 is 9.64 Å². The highest BCUT2D eigenvalue weighted by molar-refractivity contribution is 7.09. The summed E-state index contributed by atoms with van der Waals surface area (Å²) < 4.78 is 45.2. The first-order valence-electron chi connectivity index (χ1n) is 5.70. The molecule has 19 heavy (non-hydrogen) atoms. The number of anilines is 1. The van der Waals surface area contributed by atoms with Gasteiger partial charge in [-0.05, 0) is 13.3 Å². The first-order valence-corrected chi connectivity index (χ1v) is 6.47. The highest BCUT2D eigenvalue weighted by Gasteiger charge is 2.36. The van der Waals surface area contributed by atoms with Gasteiger partial charge in [0.2, 0.25) is 11.0 Å². The van der Waals surface area contributed by atoms with E-state index in [0.717, 1.165) is 0 Å². The number of hydrogen-bond donors (Lipinski definition) is 0. The Hall–Kier alpha value is -1.38. The van der Waals surface area contributed by atoms with E-state index < -0.39 is 18.0 Å². The second kappa shape index (κ2) is 6.69. The first-order chi connectivity index (χ1) is 8.88. The van der Waals surface area contributed by atoms with E-state index in [1.807, 2.05) is 6.92 Å². The molecule has 1 heterocycles. The van der Waals surface area contributed by atoms with Gasteiger partial charge in [-0.1, -0.05) is 6.92 Å². The first kappa shape index (κ1) is 15.7. The SMILES string of the molecule is CCCN(CC(=O)OCC)c1nc(C(F)(F)F)ns1. The van der Waals surface area contributed by atoms with Gasteiger partial charge in [-0.25, -0.2) is 0 Å². The summed E-state index contributed by atoms with van der Waals surface area (Å²) in [4.78, 5) is 16.2. The summed E-state index contributed by atoms with van der Waals surface area (Å²) >= 11 is 0.622. The average Bonchev–Trinajstić information content (AvgIpc) is 2.77. The van der Waals surface area contributed by atoms with E-state index in [-0.39, 0.29) is 18.3 Å². The molecule has 1 aromatic heterocycles. The minimum absolute atomic E-state index is 0.0715. The van der Waals surface area contributed by atoms with Crippen LogP contribution in [0.1, 0.15) is 26.1 Å². The van der Waals surface area contributed by atoms with Crippen LogP contribution >= 0.6 is 11.5 Å². The van der Waals surface area contributed by atoms with E-state index >= 15 is 0 Å². The average molecular weight is 297 g/mol. The molecular weight excluding hydrogens is 283 g/mol. The van der Waals surface area contributed by atoms with Crippen LogP contribution in [-0.2, 0) is 15.7 Å². The molecule has 0 spiro atoms. The van der Waals surface area contributed by atoms with Gasteiger partial charge in [-0.15, -0.1) is 0 Å². The maximum atomic E-state index is 12.4. The summed E-state index contributed by atoms with van der Waals surface area (Å²) in [7, 11) is 0. The second-order valence-electron chi connectivity index (χ2n) is 3.62. The van der Waals surface area contributed by atoms with Crippen molar-refractivity contribution in [3.05, 3.63) is 5.82 Å². The molecule has 0 saturated carbocycles. The zero-order valence-electron chi connectivity index (χ0n) is 10.5. The van der Waals surface area contributed by atoms with Crippen molar-refractivity contribution < 1.29 is 22.7 Å². The summed E-state index contributed by atoms with van der Waals surface area (Å²) in [5, 5.41) is 0.0715. The van der Waals surface area contributed by atoms with Crippen LogP contribution in [0.2, 0.25) is 0 Å². The molecule has 9 heteroatoms. The van der Waals surface area contributed by atoms with Gasteiger partial charge in [0.1, 0.15) is 6.54 Å². The van der Waals surface area contributed by atoms with E-state index in [0.29, 0.717) is 24.5 Å². The van der Waals surface area contributed by atoms with E-state index in [1.165, 1.54) is 4.90 Å². The number of halogens is 3. The molecule has 0 aromatic carbocycles. The van der Waals surface area contributed by atoms with Crippen LogP contribution in [0, 0.1) is 0 Å². The maximum absolute atomic E-state index is 12.4. The predicted molar refractivity (Wildman–Crippen MR) is 64.0 cm³/mol. The van der Waals surface area contributed by atoms with Gasteiger partial charge in [0.15, 0.2) is 0 Å². The third-order valence-electron chi connectivity index (χ3n) is 2.06. The van der Waals surface area contributed by atoms with Gasteiger partial charge in [-0.2, -0.15) is 22.5 Å². The summed E-state index contributed by atoms with van der Waals surface area (Å²) in [5.41, 5.74) is 0. The minimum Gasteiger partial charge on any atom is -0.465 e.